The maximum absolute atomic E-state index is 7.92. The van der Waals surface area contributed by atoms with E-state index in [4.69, 9.17) is 16.1 Å². The fraction of sp³-hybridized carbons (Fsp3) is 0.333. The van der Waals surface area contributed by atoms with Gasteiger partial charge in [-0.25, -0.2) is 4.98 Å². The van der Waals surface area contributed by atoms with Crippen LogP contribution < -0.4 is 27.6 Å². The summed E-state index contributed by atoms with van der Waals surface area (Å²) in [6, 6.07) is 14.4. The summed E-state index contributed by atoms with van der Waals surface area (Å²) in [5.41, 5.74) is 9.84. The van der Waals surface area contributed by atoms with Gasteiger partial charge in [-0.3, -0.25) is 22.0 Å². The fourth-order valence-electron chi connectivity index (χ4n) is 3.66. The van der Waals surface area contributed by atoms with Gasteiger partial charge in [-0.15, -0.1) is 11.3 Å². The first kappa shape index (κ1) is 22.0. The molecule has 1 saturated heterocycles. The van der Waals surface area contributed by atoms with Crippen LogP contribution in [0.4, 0.5) is 11.4 Å². The Labute approximate surface area is 181 Å². The Morgan fingerprint density at radius 3 is 2.53 bits per heavy atom. The highest BCUT2D eigenvalue weighted by molar-refractivity contribution is 7.18. The minimum Gasteiger partial charge on any atom is -0.385 e. The van der Waals surface area contributed by atoms with Gasteiger partial charge in [0, 0.05) is 49.7 Å². The van der Waals surface area contributed by atoms with Crippen LogP contribution in [0.3, 0.4) is 0 Å². The second kappa shape index (κ2) is 10.4. The summed E-state index contributed by atoms with van der Waals surface area (Å²) in [4.78, 5) is 9.56. The van der Waals surface area contributed by atoms with Crippen molar-refractivity contribution in [3.8, 4) is 0 Å². The largest absolute Gasteiger partial charge is 0.385 e. The van der Waals surface area contributed by atoms with Crippen LogP contribution >= 0.6 is 11.3 Å². The highest BCUT2D eigenvalue weighted by Gasteiger charge is 2.21. The number of nitrogens with two attached hydrogens (primary N) is 3. The minimum atomic E-state index is 0.120. The molecule has 0 saturated carbocycles. The molecule has 1 aromatic heterocycles. The summed E-state index contributed by atoms with van der Waals surface area (Å²) in [6.07, 6.45) is 0. The number of hydrogen-bond acceptors (Lipinski definition) is 8. The average Bonchev–Trinajstić information content (AvgIpc) is 3.18. The van der Waals surface area contributed by atoms with Crippen molar-refractivity contribution in [3.63, 3.8) is 0 Å². The van der Waals surface area contributed by atoms with Crippen molar-refractivity contribution in [1.82, 2.24) is 9.88 Å². The molecule has 0 atom stereocenters. The standard InChI is InChI=1S/C21H26N6S.H4N2/c1-2-24-15-7-8-16(21(22)23)18(13-15)27-11-9-26(10-12-27)14-20-25-17-5-3-4-6-19(17)28-20;1-2/h3-8,13,24H,2,9-12,14H2,1H3,(H3,22,23);1-2H2. The van der Waals surface area contributed by atoms with Gasteiger partial charge in [0.05, 0.1) is 16.8 Å². The normalized spacial score (nSPS) is 14.3. The van der Waals surface area contributed by atoms with E-state index in [0.29, 0.717) is 0 Å². The van der Waals surface area contributed by atoms with Gasteiger partial charge in [0.15, 0.2) is 0 Å². The second-order valence-corrected chi connectivity index (χ2v) is 8.13. The number of thiazole rings is 1. The van der Waals surface area contributed by atoms with Crippen molar-refractivity contribution in [3.05, 3.63) is 53.0 Å². The smallest absolute Gasteiger partial charge is 0.124 e. The molecule has 1 fully saturated rings. The summed E-state index contributed by atoms with van der Waals surface area (Å²) in [5.74, 6) is 8.12. The molecular weight excluding hydrogens is 396 g/mol. The number of nitrogens with zero attached hydrogens (tertiary/aromatic N) is 3. The highest BCUT2D eigenvalue weighted by atomic mass is 32.1. The lowest BCUT2D eigenvalue weighted by Gasteiger charge is -2.36. The van der Waals surface area contributed by atoms with Gasteiger partial charge in [0.2, 0.25) is 0 Å². The molecule has 160 valence electrons. The van der Waals surface area contributed by atoms with Crippen molar-refractivity contribution < 1.29 is 0 Å². The van der Waals surface area contributed by atoms with Gasteiger partial charge < -0.3 is 16.0 Å². The Morgan fingerprint density at radius 2 is 1.87 bits per heavy atom. The van der Waals surface area contributed by atoms with Gasteiger partial charge in [0.25, 0.3) is 0 Å². The number of rotatable bonds is 6. The number of nitrogens with one attached hydrogen (secondary N) is 2. The SMILES string of the molecule is CCNc1ccc(C(=N)N)c(N2CCN(Cc3nc4ccccc4s3)CC2)c1.NN. The summed E-state index contributed by atoms with van der Waals surface area (Å²) >= 11 is 1.78. The quantitative estimate of drug-likeness (QED) is 0.176. The van der Waals surface area contributed by atoms with E-state index in [1.807, 2.05) is 18.2 Å². The average molecular weight is 427 g/mol. The molecule has 2 heterocycles. The van der Waals surface area contributed by atoms with Crippen molar-refractivity contribution >= 4 is 38.8 Å². The van der Waals surface area contributed by atoms with Gasteiger partial charge in [-0.2, -0.15) is 0 Å². The van der Waals surface area contributed by atoms with Crippen molar-refractivity contribution in [1.29, 1.82) is 5.41 Å². The van der Waals surface area contributed by atoms with Gasteiger partial charge >= 0.3 is 0 Å². The van der Waals surface area contributed by atoms with Crippen LogP contribution in [0, 0.1) is 5.41 Å². The molecular formula is C21H30N8S. The first-order valence-corrected chi connectivity index (χ1v) is 10.8. The molecule has 0 radical (unpaired) electrons. The lowest BCUT2D eigenvalue weighted by Crippen LogP contribution is -2.46. The topological polar surface area (TPSA) is 133 Å². The van der Waals surface area contributed by atoms with E-state index in [9.17, 15) is 0 Å². The molecule has 9 heteroatoms. The van der Waals surface area contributed by atoms with E-state index in [1.54, 1.807) is 11.3 Å². The van der Waals surface area contributed by atoms with Crippen LogP contribution in [-0.2, 0) is 6.54 Å². The molecule has 8 N–H and O–H groups in total. The summed E-state index contributed by atoms with van der Waals surface area (Å²) in [6.45, 7) is 7.62. The van der Waals surface area contributed by atoms with Crippen LogP contribution in [-0.4, -0.2) is 48.4 Å². The predicted octanol–water partition coefficient (Wildman–Crippen LogP) is 2.15. The number of para-hydroxylation sites is 1. The molecule has 0 spiro atoms. The summed E-state index contributed by atoms with van der Waals surface area (Å²) in [7, 11) is 0. The molecule has 0 bridgehead atoms. The van der Waals surface area contributed by atoms with E-state index in [-0.39, 0.29) is 5.84 Å². The maximum Gasteiger partial charge on any atom is 0.124 e. The maximum atomic E-state index is 7.92. The van der Waals surface area contributed by atoms with Gasteiger partial charge in [0.1, 0.15) is 10.8 Å². The molecule has 8 nitrogen and oxygen atoms in total. The number of piperazine rings is 1. The molecule has 0 aliphatic carbocycles. The number of benzene rings is 2. The lowest BCUT2D eigenvalue weighted by atomic mass is 10.1. The Bertz CT molecular complexity index is 945. The third kappa shape index (κ3) is 5.06. The predicted molar refractivity (Wildman–Crippen MR) is 127 cm³/mol. The molecule has 1 aliphatic rings. The molecule has 30 heavy (non-hydrogen) atoms. The molecule has 0 amide bonds. The number of anilines is 2. The van der Waals surface area contributed by atoms with Crippen LogP contribution in [0.25, 0.3) is 10.2 Å². The number of hydrogen-bond donors (Lipinski definition) is 5. The van der Waals surface area contributed by atoms with Gasteiger partial charge in [-0.1, -0.05) is 12.1 Å². The molecule has 2 aromatic carbocycles. The Kier molecular flexibility index (Phi) is 7.58. The van der Waals surface area contributed by atoms with Crippen LogP contribution in [0.2, 0.25) is 0 Å². The number of aromatic nitrogens is 1. The van der Waals surface area contributed by atoms with E-state index in [0.717, 1.165) is 61.7 Å². The number of amidine groups is 1. The zero-order chi connectivity index (χ0) is 21.5. The Morgan fingerprint density at radius 1 is 1.13 bits per heavy atom. The summed E-state index contributed by atoms with van der Waals surface area (Å²) < 4.78 is 1.25. The molecule has 4 rings (SSSR count). The van der Waals surface area contributed by atoms with Crippen LogP contribution in [0.15, 0.2) is 42.5 Å². The van der Waals surface area contributed by atoms with E-state index in [2.05, 4.69) is 58.0 Å². The van der Waals surface area contributed by atoms with E-state index >= 15 is 0 Å². The summed E-state index contributed by atoms with van der Waals surface area (Å²) in [5, 5.41) is 12.4. The third-order valence-electron chi connectivity index (χ3n) is 5.08. The minimum absolute atomic E-state index is 0.120. The first-order valence-electron chi connectivity index (χ1n) is 10.0. The highest BCUT2D eigenvalue weighted by Crippen LogP contribution is 2.27. The zero-order valence-electron chi connectivity index (χ0n) is 17.3. The Hall–Kier alpha value is -2.72. The van der Waals surface area contributed by atoms with Crippen LogP contribution in [0.1, 0.15) is 17.5 Å². The monoisotopic (exact) mass is 426 g/mol. The molecule has 0 unspecified atom stereocenters. The molecule has 1 aliphatic heterocycles. The van der Waals surface area contributed by atoms with Crippen molar-refractivity contribution in [2.24, 2.45) is 17.4 Å². The van der Waals surface area contributed by atoms with Crippen molar-refractivity contribution in [2.45, 2.75) is 13.5 Å². The number of hydrazine groups is 1. The van der Waals surface area contributed by atoms with Gasteiger partial charge in [-0.05, 0) is 37.3 Å². The third-order valence-corrected chi connectivity index (χ3v) is 6.10. The fourth-order valence-corrected chi connectivity index (χ4v) is 4.67. The zero-order valence-corrected chi connectivity index (χ0v) is 18.1. The molecule has 3 aromatic rings. The van der Waals surface area contributed by atoms with Crippen LogP contribution in [0.5, 0.6) is 0 Å². The lowest BCUT2D eigenvalue weighted by molar-refractivity contribution is 0.249. The Balaban J connectivity index is 0.00000124. The number of fused-ring (bicyclic) bond motifs is 1. The first-order chi connectivity index (χ1) is 14.6. The number of nitrogen functional groups attached to an aromatic ring is 1. The van der Waals surface area contributed by atoms with E-state index in [1.165, 1.54) is 9.71 Å². The second-order valence-electron chi connectivity index (χ2n) is 7.01. The van der Waals surface area contributed by atoms with Crippen molar-refractivity contribution in [2.75, 3.05) is 42.9 Å². The van der Waals surface area contributed by atoms with E-state index < -0.39 is 0 Å².